The van der Waals surface area contributed by atoms with E-state index in [2.05, 4.69) is 5.32 Å². The Hall–Kier alpha value is -3.55. The predicted molar refractivity (Wildman–Crippen MR) is 108 cm³/mol. The summed E-state index contributed by atoms with van der Waals surface area (Å²) in [5.41, 5.74) is 1.96. The summed E-state index contributed by atoms with van der Waals surface area (Å²) in [5, 5.41) is 2.67. The van der Waals surface area contributed by atoms with Crippen molar-refractivity contribution < 1.29 is 28.3 Å². The highest BCUT2D eigenvalue weighted by Crippen LogP contribution is 2.09. The van der Waals surface area contributed by atoms with Gasteiger partial charge in [-0.25, -0.2) is 4.39 Å². The lowest BCUT2D eigenvalue weighted by Gasteiger charge is -2.16. The van der Waals surface area contributed by atoms with E-state index in [0.717, 1.165) is 22.6 Å². The first-order valence-corrected chi connectivity index (χ1v) is 9.29. The molecule has 1 N–H and O–H groups in total. The second kappa shape index (κ2) is 10.8. The molecule has 30 heavy (non-hydrogen) atoms. The standard InChI is InChI=1S/C22H23FN2O5/c1-15-3-9-18(10-4-15)24-20(27)13-25(2)21(28)14-30-22(29)12-11-19(26)16-5-7-17(23)8-6-16/h3-10H,11-14H2,1-2H3,(H,24,27). The molecule has 0 aromatic heterocycles. The molecule has 7 nitrogen and oxygen atoms in total. The van der Waals surface area contributed by atoms with Gasteiger partial charge in [0.15, 0.2) is 12.4 Å². The first-order chi connectivity index (χ1) is 14.2. The topological polar surface area (TPSA) is 92.8 Å². The Morgan fingerprint density at radius 1 is 0.967 bits per heavy atom. The van der Waals surface area contributed by atoms with Crippen LogP contribution in [-0.4, -0.2) is 48.7 Å². The molecule has 2 aromatic carbocycles. The van der Waals surface area contributed by atoms with Crippen LogP contribution in [0.4, 0.5) is 10.1 Å². The van der Waals surface area contributed by atoms with Crippen LogP contribution in [0.5, 0.6) is 0 Å². The SMILES string of the molecule is Cc1ccc(NC(=O)CN(C)C(=O)COC(=O)CCC(=O)c2ccc(F)cc2)cc1. The summed E-state index contributed by atoms with van der Waals surface area (Å²) >= 11 is 0. The van der Waals surface area contributed by atoms with Crippen LogP contribution in [0.1, 0.15) is 28.8 Å². The van der Waals surface area contributed by atoms with Crippen molar-refractivity contribution in [3.8, 4) is 0 Å². The zero-order valence-electron chi connectivity index (χ0n) is 16.8. The molecule has 158 valence electrons. The number of halogens is 1. The maximum Gasteiger partial charge on any atom is 0.306 e. The van der Waals surface area contributed by atoms with Gasteiger partial charge in [0.2, 0.25) is 5.91 Å². The minimum atomic E-state index is -0.712. The van der Waals surface area contributed by atoms with Gasteiger partial charge in [-0.3, -0.25) is 19.2 Å². The number of likely N-dealkylation sites (N-methyl/N-ethyl adjacent to an activating group) is 1. The van der Waals surface area contributed by atoms with E-state index < -0.39 is 24.3 Å². The van der Waals surface area contributed by atoms with Gasteiger partial charge < -0.3 is 15.0 Å². The van der Waals surface area contributed by atoms with Gasteiger partial charge in [0.05, 0.1) is 13.0 Å². The number of nitrogens with one attached hydrogen (secondary N) is 1. The van der Waals surface area contributed by atoms with Crippen molar-refractivity contribution in [1.82, 2.24) is 4.90 Å². The lowest BCUT2D eigenvalue weighted by Crippen LogP contribution is -2.37. The largest absolute Gasteiger partial charge is 0.456 e. The van der Waals surface area contributed by atoms with Gasteiger partial charge in [-0.15, -0.1) is 0 Å². The maximum absolute atomic E-state index is 12.9. The van der Waals surface area contributed by atoms with Crippen LogP contribution in [0.3, 0.4) is 0 Å². The first kappa shape index (κ1) is 22.7. The first-order valence-electron chi connectivity index (χ1n) is 9.29. The number of carbonyl (C=O) groups excluding carboxylic acids is 4. The molecule has 8 heteroatoms. The highest BCUT2D eigenvalue weighted by Gasteiger charge is 2.16. The van der Waals surface area contributed by atoms with Gasteiger partial charge in [-0.1, -0.05) is 17.7 Å². The number of hydrogen-bond donors (Lipinski definition) is 1. The average Bonchev–Trinajstić information content (AvgIpc) is 2.72. The number of aryl methyl sites for hydroxylation is 1. The van der Waals surface area contributed by atoms with Crippen molar-refractivity contribution >= 4 is 29.3 Å². The molecule has 0 aliphatic carbocycles. The minimum Gasteiger partial charge on any atom is -0.456 e. The zero-order chi connectivity index (χ0) is 22.1. The van der Waals surface area contributed by atoms with Gasteiger partial charge in [0, 0.05) is 24.7 Å². The van der Waals surface area contributed by atoms with Crippen molar-refractivity contribution in [2.45, 2.75) is 19.8 Å². The molecule has 0 fully saturated rings. The number of nitrogens with zero attached hydrogens (tertiary/aromatic N) is 1. The van der Waals surface area contributed by atoms with E-state index in [1.165, 1.54) is 19.2 Å². The Morgan fingerprint density at radius 3 is 2.23 bits per heavy atom. The lowest BCUT2D eigenvalue weighted by molar-refractivity contribution is -0.151. The molecule has 0 unspecified atom stereocenters. The third kappa shape index (κ3) is 7.46. The number of benzene rings is 2. The van der Waals surface area contributed by atoms with Gasteiger partial charge in [0.1, 0.15) is 5.82 Å². The summed E-state index contributed by atoms with van der Waals surface area (Å²) in [6, 6.07) is 12.2. The second-order valence-electron chi connectivity index (χ2n) is 6.75. The van der Waals surface area contributed by atoms with Crippen molar-refractivity contribution in [1.29, 1.82) is 0 Å². The number of ether oxygens (including phenoxy) is 1. The van der Waals surface area contributed by atoms with Gasteiger partial charge >= 0.3 is 5.97 Å². The van der Waals surface area contributed by atoms with E-state index >= 15 is 0 Å². The number of ketones is 1. The second-order valence-corrected chi connectivity index (χ2v) is 6.75. The molecule has 0 saturated heterocycles. The number of esters is 1. The van der Waals surface area contributed by atoms with Crippen molar-refractivity contribution in [2.75, 3.05) is 25.5 Å². The molecule has 0 spiro atoms. The average molecular weight is 414 g/mol. The molecule has 0 radical (unpaired) electrons. The summed E-state index contributed by atoms with van der Waals surface area (Å²) in [6.45, 7) is 1.20. The predicted octanol–water partition coefficient (Wildman–Crippen LogP) is 2.74. The number of anilines is 1. The van der Waals surface area contributed by atoms with E-state index in [1.807, 2.05) is 19.1 Å². The van der Waals surface area contributed by atoms with Crippen LogP contribution in [-0.2, 0) is 19.1 Å². The maximum atomic E-state index is 12.9. The molecule has 2 aromatic rings. The molecular weight excluding hydrogens is 391 g/mol. The van der Waals surface area contributed by atoms with Crippen molar-refractivity contribution in [3.63, 3.8) is 0 Å². The molecule has 2 amide bonds. The summed E-state index contributed by atoms with van der Waals surface area (Å²) in [7, 11) is 1.42. The highest BCUT2D eigenvalue weighted by molar-refractivity contribution is 5.97. The normalized spacial score (nSPS) is 10.2. The molecule has 0 bridgehead atoms. The van der Waals surface area contributed by atoms with Crippen LogP contribution in [0, 0.1) is 12.7 Å². The molecule has 0 aliphatic heterocycles. The van der Waals surface area contributed by atoms with Crippen LogP contribution in [0.15, 0.2) is 48.5 Å². The fourth-order valence-corrected chi connectivity index (χ4v) is 2.46. The molecule has 0 atom stereocenters. The Balaban J connectivity index is 1.69. The molecular formula is C22H23FN2O5. The molecule has 0 heterocycles. The van der Waals surface area contributed by atoms with E-state index in [-0.39, 0.29) is 31.1 Å². The quantitative estimate of drug-likeness (QED) is 0.503. The van der Waals surface area contributed by atoms with E-state index in [0.29, 0.717) is 11.3 Å². The minimum absolute atomic E-state index is 0.118. The Labute approximate surface area is 173 Å². The van der Waals surface area contributed by atoms with Crippen LogP contribution in [0.2, 0.25) is 0 Å². The molecule has 0 saturated carbocycles. The van der Waals surface area contributed by atoms with E-state index in [4.69, 9.17) is 4.74 Å². The summed E-state index contributed by atoms with van der Waals surface area (Å²) in [4.78, 5) is 48.9. The number of hydrogen-bond acceptors (Lipinski definition) is 5. The third-order valence-electron chi connectivity index (χ3n) is 4.22. The number of amides is 2. The van der Waals surface area contributed by atoms with Crippen LogP contribution < -0.4 is 5.32 Å². The fourth-order valence-electron chi connectivity index (χ4n) is 2.46. The highest BCUT2D eigenvalue weighted by atomic mass is 19.1. The van der Waals surface area contributed by atoms with E-state index in [1.54, 1.807) is 12.1 Å². The third-order valence-corrected chi connectivity index (χ3v) is 4.22. The number of rotatable bonds is 9. The fraction of sp³-hybridized carbons (Fsp3) is 0.273. The molecule has 2 rings (SSSR count). The number of Topliss-reactive ketones (excluding diaryl/α,β-unsaturated/α-hetero) is 1. The van der Waals surface area contributed by atoms with Crippen molar-refractivity contribution in [3.05, 3.63) is 65.5 Å². The monoisotopic (exact) mass is 414 g/mol. The summed E-state index contributed by atoms with van der Waals surface area (Å²) < 4.78 is 17.7. The van der Waals surface area contributed by atoms with Gasteiger partial charge in [0.25, 0.3) is 5.91 Å². The van der Waals surface area contributed by atoms with Gasteiger partial charge in [-0.2, -0.15) is 0 Å². The number of carbonyl (C=O) groups is 4. The Kier molecular flexibility index (Phi) is 8.22. The Bertz CT molecular complexity index is 910. The Morgan fingerprint density at radius 2 is 1.60 bits per heavy atom. The summed E-state index contributed by atoms with van der Waals surface area (Å²) in [6.07, 6.45) is -0.325. The zero-order valence-corrected chi connectivity index (χ0v) is 16.8. The van der Waals surface area contributed by atoms with Gasteiger partial charge in [-0.05, 0) is 43.3 Å². The smallest absolute Gasteiger partial charge is 0.306 e. The van der Waals surface area contributed by atoms with Crippen molar-refractivity contribution in [2.24, 2.45) is 0 Å². The summed E-state index contributed by atoms with van der Waals surface area (Å²) in [5.74, 6) is -2.43. The van der Waals surface area contributed by atoms with Crippen LogP contribution >= 0.6 is 0 Å². The molecule has 0 aliphatic rings. The van der Waals surface area contributed by atoms with E-state index in [9.17, 15) is 23.6 Å². The lowest BCUT2D eigenvalue weighted by atomic mass is 10.1. The van der Waals surface area contributed by atoms with Crippen LogP contribution in [0.25, 0.3) is 0 Å².